The van der Waals surface area contributed by atoms with Crippen LogP contribution >= 0.6 is 0 Å². The third-order valence-electron chi connectivity index (χ3n) is 4.89. The van der Waals surface area contributed by atoms with Gasteiger partial charge in [-0.1, -0.05) is 11.2 Å². The lowest BCUT2D eigenvalue weighted by Gasteiger charge is -2.29. The summed E-state index contributed by atoms with van der Waals surface area (Å²) in [5, 5.41) is 13.1. The molecule has 0 unspecified atom stereocenters. The molecule has 0 fully saturated rings. The fraction of sp³-hybridized carbons (Fsp3) is 0.474. The molecule has 1 amide bonds. The molecule has 1 aromatic carbocycles. The Morgan fingerprint density at radius 2 is 2.11 bits per heavy atom. The average Bonchev–Trinajstić information content (AvgIpc) is 2.98. The van der Waals surface area contributed by atoms with Gasteiger partial charge in [0.25, 0.3) is 5.91 Å². The van der Waals surface area contributed by atoms with Crippen LogP contribution in [-0.4, -0.2) is 48.7 Å². The van der Waals surface area contributed by atoms with E-state index < -0.39 is 16.1 Å². The van der Waals surface area contributed by atoms with Gasteiger partial charge in [0.2, 0.25) is 10.0 Å². The van der Waals surface area contributed by atoms with E-state index in [1.165, 1.54) is 0 Å². The number of hydrogen-bond donors (Lipinski definition) is 2. The van der Waals surface area contributed by atoms with Gasteiger partial charge in [-0.25, -0.2) is 13.1 Å². The van der Waals surface area contributed by atoms with Crippen molar-refractivity contribution in [2.75, 3.05) is 13.1 Å². The van der Waals surface area contributed by atoms with Gasteiger partial charge in [-0.15, -0.1) is 0 Å². The number of aliphatic hydroxyl groups excluding tert-OH is 1. The number of carbonyl (C=O) groups excluding carboxylic acids is 1. The first-order chi connectivity index (χ1) is 13.2. The van der Waals surface area contributed by atoms with Crippen molar-refractivity contribution in [3.8, 4) is 0 Å². The summed E-state index contributed by atoms with van der Waals surface area (Å²) >= 11 is 0. The minimum Gasteiger partial charge on any atom is -0.393 e. The van der Waals surface area contributed by atoms with Crippen LogP contribution in [0.3, 0.4) is 0 Å². The largest absolute Gasteiger partial charge is 0.393 e. The first-order valence-corrected chi connectivity index (χ1v) is 10.7. The average molecular weight is 407 g/mol. The van der Waals surface area contributed by atoms with E-state index in [0.29, 0.717) is 42.9 Å². The Hall–Kier alpha value is -2.23. The van der Waals surface area contributed by atoms with Crippen molar-refractivity contribution >= 4 is 15.9 Å². The van der Waals surface area contributed by atoms with Crippen LogP contribution in [0.4, 0.5) is 0 Å². The number of carbonyl (C=O) groups is 1. The Balaban J connectivity index is 1.79. The lowest BCUT2D eigenvalue weighted by atomic mass is 9.99. The van der Waals surface area contributed by atoms with Crippen molar-refractivity contribution in [1.29, 1.82) is 0 Å². The molecular formula is C19H25N3O5S. The fourth-order valence-corrected chi connectivity index (χ4v) is 4.40. The third kappa shape index (κ3) is 4.26. The van der Waals surface area contributed by atoms with Crippen LogP contribution in [0.2, 0.25) is 0 Å². The highest BCUT2D eigenvalue weighted by Crippen LogP contribution is 2.25. The Labute approximate surface area is 164 Å². The highest BCUT2D eigenvalue weighted by Gasteiger charge is 2.27. The first kappa shape index (κ1) is 20.5. The molecule has 0 spiro atoms. The first-order valence-electron chi connectivity index (χ1n) is 9.20. The molecule has 1 aliphatic heterocycles. The standard InChI is InChI=1S/C19H25N3O5S/c1-12(23)6-8-20-28(25,26)17-5-4-15-7-9-22(11-16(15)10-17)19(24)18-13(2)21-27-14(18)3/h4-5,10,12,20,23H,6-9,11H2,1-3H3/t12-/m1/s1. The second-order valence-electron chi connectivity index (χ2n) is 7.14. The summed E-state index contributed by atoms with van der Waals surface area (Å²) in [6.45, 7) is 6.08. The van der Waals surface area contributed by atoms with E-state index in [2.05, 4.69) is 9.88 Å². The number of aromatic nitrogens is 1. The van der Waals surface area contributed by atoms with Crippen molar-refractivity contribution in [2.45, 2.75) is 51.2 Å². The van der Waals surface area contributed by atoms with Crippen LogP contribution in [0.5, 0.6) is 0 Å². The molecule has 9 heteroatoms. The molecule has 0 aliphatic carbocycles. The van der Waals surface area contributed by atoms with E-state index in [1.807, 2.05) is 0 Å². The zero-order valence-electron chi connectivity index (χ0n) is 16.2. The minimum atomic E-state index is -3.67. The molecule has 1 atom stereocenters. The summed E-state index contributed by atoms with van der Waals surface area (Å²) in [6, 6.07) is 5.00. The third-order valence-corrected chi connectivity index (χ3v) is 6.35. The van der Waals surface area contributed by atoms with Crippen LogP contribution in [0, 0.1) is 13.8 Å². The van der Waals surface area contributed by atoms with Crippen LogP contribution in [0.1, 0.15) is 46.3 Å². The Morgan fingerprint density at radius 1 is 1.36 bits per heavy atom. The van der Waals surface area contributed by atoms with E-state index in [1.54, 1.807) is 43.9 Å². The van der Waals surface area contributed by atoms with Crippen molar-refractivity contribution in [3.63, 3.8) is 0 Å². The van der Waals surface area contributed by atoms with Crippen LogP contribution in [-0.2, 0) is 23.0 Å². The Morgan fingerprint density at radius 3 is 2.75 bits per heavy atom. The predicted octanol–water partition coefficient (Wildman–Crippen LogP) is 1.54. The molecule has 0 saturated carbocycles. The molecule has 2 heterocycles. The molecule has 0 bridgehead atoms. The van der Waals surface area contributed by atoms with Gasteiger partial charge in [0.15, 0.2) is 0 Å². The van der Waals surface area contributed by atoms with E-state index in [0.717, 1.165) is 11.1 Å². The van der Waals surface area contributed by atoms with Crippen molar-refractivity contribution < 1.29 is 22.8 Å². The topological polar surface area (TPSA) is 113 Å². The van der Waals surface area contributed by atoms with Gasteiger partial charge >= 0.3 is 0 Å². The maximum Gasteiger partial charge on any atom is 0.259 e. The predicted molar refractivity (Wildman–Crippen MR) is 102 cm³/mol. The monoisotopic (exact) mass is 407 g/mol. The molecule has 2 N–H and O–H groups in total. The number of amides is 1. The SMILES string of the molecule is Cc1noc(C)c1C(=O)N1CCc2ccc(S(=O)(=O)NCC[C@@H](C)O)cc2C1. The van der Waals surface area contributed by atoms with Crippen LogP contribution in [0.15, 0.2) is 27.6 Å². The summed E-state index contributed by atoms with van der Waals surface area (Å²) in [6.07, 6.45) is 0.416. The number of rotatable bonds is 6. The number of nitrogens with zero attached hydrogens (tertiary/aromatic N) is 2. The number of aliphatic hydroxyl groups is 1. The number of hydrogen-bond acceptors (Lipinski definition) is 6. The lowest BCUT2D eigenvalue weighted by molar-refractivity contribution is 0.0732. The smallest absolute Gasteiger partial charge is 0.259 e. The highest BCUT2D eigenvalue weighted by atomic mass is 32.2. The van der Waals surface area contributed by atoms with Crippen LogP contribution < -0.4 is 4.72 Å². The summed E-state index contributed by atoms with van der Waals surface area (Å²) < 4.78 is 32.6. The highest BCUT2D eigenvalue weighted by molar-refractivity contribution is 7.89. The van der Waals surface area contributed by atoms with Crippen molar-refractivity contribution in [3.05, 3.63) is 46.3 Å². The van der Waals surface area contributed by atoms with E-state index in [-0.39, 0.29) is 17.3 Å². The summed E-state index contributed by atoms with van der Waals surface area (Å²) in [7, 11) is -3.67. The van der Waals surface area contributed by atoms with E-state index in [9.17, 15) is 18.3 Å². The molecule has 28 heavy (non-hydrogen) atoms. The minimum absolute atomic E-state index is 0.156. The Kier molecular flexibility index (Phi) is 5.87. The summed E-state index contributed by atoms with van der Waals surface area (Å²) in [5.41, 5.74) is 2.86. The van der Waals surface area contributed by atoms with Gasteiger partial charge < -0.3 is 14.5 Å². The molecule has 0 saturated heterocycles. The van der Waals surface area contributed by atoms with Gasteiger partial charge in [0, 0.05) is 19.6 Å². The maximum absolute atomic E-state index is 12.9. The normalized spacial score (nSPS) is 15.4. The Bertz CT molecular complexity index is 962. The van der Waals surface area contributed by atoms with Crippen molar-refractivity contribution in [1.82, 2.24) is 14.8 Å². The molecule has 152 valence electrons. The fourth-order valence-electron chi connectivity index (χ4n) is 3.31. The van der Waals surface area contributed by atoms with Crippen molar-refractivity contribution in [2.24, 2.45) is 0 Å². The van der Waals surface area contributed by atoms with E-state index in [4.69, 9.17) is 4.52 Å². The summed E-state index contributed by atoms with van der Waals surface area (Å²) in [4.78, 5) is 14.7. The molecule has 1 aliphatic rings. The second-order valence-corrected chi connectivity index (χ2v) is 8.91. The number of nitrogens with one attached hydrogen (secondary N) is 1. The van der Waals surface area contributed by atoms with Gasteiger partial charge in [-0.2, -0.15) is 0 Å². The quantitative estimate of drug-likeness (QED) is 0.751. The van der Waals surface area contributed by atoms with E-state index >= 15 is 0 Å². The zero-order chi connectivity index (χ0) is 20.5. The van der Waals surface area contributed by atoms with Crippen LogP contribution in [0.25, 0.3) is 0 Å². The van der Waals surface area contributed by atoms with Gasteiger partial charge in [0.1, 0.15) is 11.3 Å². The molecule has 8 nitrogen and oxygen atoms in total. The summed E-state index contributed by atoms with van der Waals surface area (Å²) in [5.74, 6) is 0.317. The second kappa shape index (κ2) is 8.02. The molecular weight excluding hydrogens is 382 g/mol. The lowest BCUT2D eigenvalue weighted by Crippen LogP contribution is -2.36. The zero-order valence-corrected chi connectivity index (χ0v) is 17.0. The number of aryl methyl sites for hydroxylation is 2. The van der Waals surface area contributed by atoms with Gasteiger partial charge in [-0.05, 0) is 56.9 Å². The number of fused-ring (bicyclic) bond motifs is 1. The number of benzene rings is 1. The molecule has 1 aromatic heterocycles. The molecule has 3 rings (SSSR count). The maximum atomic E-state index is 12.9. The molecule has 2 aromatic rings. The number of sulfonamides is 1. The van der Waals surface area contributed by atoms with Gasteiger partial charge in [-0.3, -0.25) is 4.79 Å². The molecule has 0 radical (unpaired) electrons. The van der Waals surface area contributed by atoms with Gasteiger partial charge in [0.05, 0.1) is 16.7 Å².